The third kappa shape index (κ3) is 8.09. The Bertz CT molecular complexity index is 1540. The van der Waals surface area contributed by atoms with Gasteiger partial charge in [0.25, 0.3) is 10.0 Å². The van der Waals surface area contributed by atoms with Crippen LogP contribution in [0.2, 0.25) is 5.02 Å². The SMILES string of the molecule is CC[C@H](C(=O)NC1CCCCC1)N(Cc1ccc(F)cc1)C(=O)CN(c1ccc(OC)c(Cl)c1)S(=O)(=O)c1ccc(C)cc1. The van der Waals surface area contributed by atoms with Gasteiger partial charge in [-0.15, -0.1) is 0 Å². The van der Waals surface area contributed by atoms with Crippen LogP contribution < -0.4 is 14.4 Å². The quantitative estimate of drug-likeness (QED) is 0.252. The molecule has 1 N–H and O–H groups in total. The minimum absolute atomic E-state index is 0.00462. The summed E-state index contributed by atoms with van der Waals surface area (Å²) < 4.78 is 48.1. The molecule has 0 spiro atoms. The lowest BCUT2D eigenvalue weighted by molar-refractivity contribution is -0.140. The fraction of sp³-hybridized carbons (Fsp3) is 0.394. The Labute approximate surface area is 264 Å². The molecule has 0 saturated heterocycles. The predicted molar refractivity (Wildman–Crippen MR) is 170 cm³/mol. The number of nitrogens with zero attached hydrogens (tertiary/aromatic N) is 2. The van der Waals surface area contributed by atoms with Crippen molar-refractivity contribution in [3.05, 3.63) is 88.7 Å². The van der Waals surface area contributed by atoms with E-state index in [0.717, 1.165) is 42.0 Å². The predicted octanol–water partition coefficient (Wildman–Crippen LogP) is 6.25. The van der Waals surface area contributed by atoms with Crippen LogP contribution in [0.4, 0.5) is 10.1 Å². The summed E-state index contributed by atoms with van der Waals surface area (Å²) in [5.74, 6) is -0.976. The van der Waals surface area contributed by atoms with E-state index < -0.39 is 34.3 Å². The van der Waals surface area contributed by atoms with Gasteiger partial charge in [-0.3, -0.25) is 13.9 Å². The lowest BCUT2D eigenvalue weighted by Gasteiger charge is -2.34. The molecule has 1 atom stereocenters. The molecular formula is C33H39ClFN3O5S. The number of aryl methyl sites for hydroxylation is 1. The van der Waals surface area contributed by atoms with Gasteiger partial charge in [0.2, 0.25) is 11.8 Å². The second kappa shape index (κ2) is 14.9. The van der Waals surface area contributed by atoms with Gasteiger partial charge in [0, 0.05) is 12.6 Å². The van der Waals surface area contributed by atoms with Crippen molar-refractivity contribution >= 4 is 39.1 Å². The summed E-state index contributed by atoms with van der Waals surface area (Å²) in [6.45, 7) is 3.03. The molecule has 0 heterocycles. The minimum atomic E-state index is -4.25. The zero-order chi connectivity index (χ0) is 31.9. The highest BCUT2D eigenvalue weighted by atomic mass is 35.5. The van der Waals surface area contributed by atoms with Gasteiger partial charge >= 0.3 is 0 Å². The van der Waals surface area contributed by atoms with Crippen molar-refractivity contribution in [1.29, 1.82) is 0 Å². The van der Waals surface area contributed by atoms with E-state index in [1.54, 1.807) is 31.2 Å². The number of amides is 2. The van der Waals surface area contributed by atoms with Gasteiger partial charge in [0.05, 0.1) is 22.7 Å². The number of methoxy groups -OCH3 is 1. The molecule has 44 heavy (non-hydrogen) atoms. The highest BCUT2D eigenvalue weighted by Crippen LogP contribution is 2.32. The molecule has 1 aliphatic carbocycles. The number of hydrogen-bond acceptors (Lipinski definition) is 5. The van der Waals surface area contributed by atoms with E-state index in [1.165, 1.54) is 54.5 Å². The molecule has 0 radical (unpaired) electrons. The average molecular weight is 644 g/mol. The molecule has 11 heteroatoms. The zero-order valence-electron chi connectivity index (χ0n) is 25.3. The fourth-order valence-electron chi connectivity index (χ4n) is 5.43. The van der Waals surface area contributed by atoms with Gasteiger partial charge in [0.1, 0.15) is 24.2 Å². The highest BCUT2D eigenvalue weighted by molar-refractivity contribution is 7.92. The van der Waals surface area contributed by atoms with Crippen LogP contribution >= 0.6 is 11.6 Å². The van der Waals surface area contributed by atoms with Crippen molar-refractivity contribution < 1.29 is 27.1 Å². The third-order valence-electron chi connectivity index (χ3n) is 7.91. The first-order valence-corrected chi connectivity index (χ1v) is 16.6. The van der Waals surface area contributed by atoms with Crippen LogP contribution in [0.5, 0.6) is 5.75 Å². The Kier molecular flexibility index (Phi) is 11.3. The molecule has 0 aliphatic heterocycles. The molecule has 236 valence electrons. The van der Waals surface area contributed by atoms with Crippen molar-refractivity contribution in [2.24, 2.45) is 0 Å². The second-order valence-corrected chi connectivity index (χ2v) is 13.3. The summed E-state index contributed by atoms with van der Waals surface area (Å²) in [5.41, 5.74) is 1.63. The number of hydrogen-bond donors (Lipinski definition) is 1. The van der Waals surface area contributed by atoms with Gasteiger partial charge in [-0.2, -0.15) is 0 Å². The number of halogens is 2. The largest absolute Gasteiger partial charge is 0.495 e. The Hall–Kier alpha value is -3.63. The number of nitrogens with one attached hydrogen (secondary N) is 1. The average Bonchev–Trinajstić information content (AvgIpc) is 3.01. The van der Waals surface area contributed by atoms with E-state index in [2.05, 4.69) is 5.32 Å². The van der Waals surface area contributed by atoms with Crippen LogP contribution in [0.3, 0.4) is 0 Å². The minimum Gasteiger partial charge on any atom is -0.495 e. The van der Waals surface area contributed by atoms with E-state index in [1.807, 2.05) is 6.92 Å². The maximum atomic E-state index is 14.2. The van der Waals surface area contributed by atoms with Crippen molar-refractivity contribution in [3.8, 4) is 5.75 Å². The summed E-state index contributed by atoms with van der Waals surface area (Å²) in [5, 5.41) is 3.28. The molecule has 8 nitrogen and oxygen atoms in total. The summed E-state index contributed by atoms with van der Waals surface area (Å²) in [7, 11) is -2.81. The highest BCUT2D eigenvalue weighted by Gasteiger charge is 2.34. The van der Waals surface area contributed by atoms with Gasteiger partial charge < -0.3 is 15.0 Å². The monoisotopic (exact) mass is 643 g/mol. The van der Waals surface area contributed by atoms with Crippen LogP contribution in [-0.2, 0) is 26.2 Å². The van der Waals surface area contributed by atoms with Crippen LogP contribution in [0, 0.1) is 12.7 Å². The number of rotatable bonds is 12. The first kappa shape index (κ1) is 33.3. The van der Waals surface area contributed by atoms with Gasteiger partial charge in [-0.1, -0.05) is 67.6 Å². The van der Waals surface area contributed by atoms with Gasteiger partial charge in [-0.05, 0) is 74.2 Å². The second-order valence-electron chi connectivity index (χ2n) is 11.1. The molecule has 3 aromatic rings. The summed E-state index contributed by atoms with van der Waals surface area (Å²) in [6, 6.07) is 15.6. The fourth-order valence-corrected chi connectivity index (χ4v) is 7.08. The van der Waals surface area contributed by atoms with Crippen LogP contribution in [0.1, 0.15) is 56.6 Å². The lowest BCUT2D eigenvalue weighted by Crippen LogP contribution is -2.54. The molecule has 4 rings (SSSR count). The van der Waals surface area contributed by atoms with Crippen LogP contribution in [0.15, 0.2) is 71.6 Å². The number of ether oxygens (including phenoxy) is 1. The van der Waals surface area contributed by atoms with Gasteiger partial charge in [0.15, 0.2) is 0 Å². The number of carbonyl (C=O) groups excluding carboxylic acids is 2. The van der Waals surface area contributed by atoms with Crippen molar-refractivity contribution in [2.75, 3.05) is 18.0 Å². The van der Waals surface area contributed by atoms with E-state index in [9.17, 15) is 22.4 Å². The Balaban J connectivity index is 1.73. The maximum Gasteiger partial charge on any atom is 0.264 e. The van der Waals surface area contributed by atoms with Gasteiger partial charge in [-0.25, -0.2) is 12.8 Å². The van der Waals surface area contributed by atoms with Crippen molar-refractivity contribution in [1.82, 2.24) is 10.2 Å². The maximum absolute atomic E-state index is 14.2. The molecule has 0 unspecified atom stereocenters. The van der Waals surface area contributed by atoms with Crippen molar-refractivity contribution in [2.45, 2.75) is 75.9 Å². The van der Waals surface area contributed by atoms with E-state index in [0.29, 0.717) is 17.7 Å². The number of carbonyl (C=O) groups is 2. The van der Waals surface area contributed by atoms with E-state index in [-0.39, 0.29) is 34.1 Å². The summed E-state index contributed by atoms with van der Waals surface area (Å²) >= 11 is 6.39. The topological polar surface area (TPSA) is 96.0 Å². The molecular weight excluding hydrogens is 605 g/mol. The molecule has 3 aromatic carbocycles. The summed E-state index contributed by atoms with van der Waals surface area (Å²) in [4.78, 5) is 29.2. The van der Waals surface area contributed by atoms with Crippen molar-refractivity contribution in [3.63, 3.8) is 0 Å². The van der Waals surface area contributed by atoms with E-state index >= 15 is 0 Å². The smallest absolute Gasteiger partial charge is 0.264 e. The number of anilines is 1. The number of sulfonamides is 1. The molecule has 1 fully saturated rings. The normalized spacial score (nSPS) is 14.5. The molecule has 0 aromatic heterocycles. The van der Waals surface area contributed by atoms with Crippen LogP contribution in [-0.4, -0.2) is 50.9 Å². The molecule has 2 amide bonds. The molecule has 1 saturated carbocycles. The third-order valence-corrected chi connectivity index (χ3v) is 10.00. The first-order chi connectivity index (χ1) is 21.0. The lowest BCUT2D eigenvalue weighted by atomic mass is 9.95. The Morgan fingerprint density at radius 3 is 2.27 bits per heavy atom. The molecule has 0 bridgehead atoms. The standard InChI is InChI=1S/C33H39ClFN3O5S/c1-4-30(33(40)36-26-8-6-5-7-9-26)37(21-24-12-14-25(35)15-13-24)32(39)22-38(27-16-19-31(43-3)29(34)20-27)44(41,42)28-17-10-23(2)11-18-28/h10-20,26,30H,4-9,21-22H2,1-3H3,(H,36,40)/t30-/m1/s1. The first-order valence-electron chi connectivity index (χ1n) is 14.8. The van der Waals surface area contributed by atoms with E-state index in [4.69, 9.17) is 16.3 Å². The summed E-state index contributed by atoms with van der Waals surface area (Å²) in [6.07, 6.45) is 5.21. The molecule has 1 aliphatic rings. The Morgan fingerprint density at radius 1 is 1.02 bits per heavy atom. The Morgan fingerprint density at radius 2 is 1.68 bits per heavy atom. The zero-order valence-corrected chi connectivity index (χ0v) is 26.8. The van der Waals surface area contributed by atoms with Crippen LogP contribution in [0.25, 0.3) is 0 Å². The number of benzene rings is 3.